The van der Waals surface area contributed by atoms with Crippen LogP contribution >= 0.6 is 0 Å². The lowest BCUT2D eigenvalue weighted by molar-refractivity contribution is -0.910. The van der Waals surface area contributed by atoms with Gasteiger partial charge in [0.2, 0.25) is 0 Å². The van der Waals surface area contributed by atoms with Gasteiger partial charge in [0, 0.05) is 32.1 Å². The maximum absolute atomic E-state index is 11.5. The lowest BCUT2D eigenvalue weighted by Gasteiger charge is -2.41. The van der Waals surface area contributed by atoms with Gasteiger partial charge >= 0.3 is 8.80 Å². The minimum atomic E-state index is -4.73. The number of unbranched alkanes of at least 4 members (excludes halogenated alkanes) is 6. The molecule has 0 radical (unpaired) electrons. The number of aliphatic hydroxyl groups is 6. The zero-order chi connectivity index (χ0) is 46.0. The predicted molar refractivity (Wildman–Crippen MR) is 222 cm³/mol. The fourth-order valence-corrected chi connectivity index (χ4v) is 10.0. The van der Waals surface area contributed by atoms with Gasteiger partial charge in [-0.3, -0.25) is 4.55 Å². The standard InChI is InChI=1S/C34H76N4O18S3Si/c1-4-6-8-10-16-38(3,17-11-9-7-5-2)18-12-22-60(54-29-32(23-39,24-40)35-13-19-57(45,46)47,55-30-33(25-41,26-42)36-14-20-58(48,49)50)56-31-34(27-43,28-44)37-15-21-59(51,52)53/h35-37,39-44H,4-31H2,1-3H3,(H2-,45,46,47,48,49,50,51,52,53)/p-1. The Morgan fingerprint density at radius 1 is 0.533 bits per heavy atom. The normalized spacial score (nSPS) is 14.0. The number of nitrogens with one attached hydrogen (secondary N) is 3. The van der Waals surface area contributed by atoms with Crippen molar-refractivity contribution in [2.45, 2.75) is 94.3 Å². The van der Waals surface area contributed by atoms with Crippen LogP contribution in [0.2, 0.25) is 6.04 Å². The molecule has 0 saturated carbocycles. The Labute approximate surface area is 358 Å². The van der Waals surface area contributed by atoms with E-state index in [1.165, 1.54) is 0 Å². The van der Waals surface area contributed by atoms with Gasteiger partial charge in [-0.25, -0.2) is 16.8 Å². The highest BCUT2D eigenvalue weighted by Gasteiger charge is 2.48. The molecule has 26 heteroatoms. The van der Waals surface area contributed by atoms with Crippen LogP contribution in [0.5, 0.6) is 0 Å². The fourth-order valence-electron chi connectivity index (χ4n) is 6.18. The maximum atomic E-state index is 11.5. The van der Waals surface area contributed by atoms with E-state index in [1.54, 1.807) is 0 Å². The SMILES string of the molecule is CCCCCC[N+](C)(CCCCCC)CCC[Si](OCC(CO)(CO)NCCS(=O)(=O)[O-])(OCC(CO)(CO)NCCS(=O)(=O)[O-])OCC(CO)(CO)NCCS(=O)(=O)O. The Morgan fingerprint density at radius 2 is 0.850 bits per heavy atom. The van der Waals surface area contributed by atoms with E-state index in [0.29, 0.717) is 17.4 Å². The number of quaternary nitrogens is 1. The molecule has 0 amide bonds. The number of aliphatic hydroxyl groups excluding tert-OH is 6. The van der Waals surface area contributed by atoms with E-state index in [2.05, 4.69) is 36.8 Å². The van der Waals surface area contributed by atoms with Crippen molar-refractivity contribution in [1.82, 2.24) is 16.0 Å². The largest absolute Gasteiger partial charge is 0.748 e. The van der Waals surface area contributed by atoms with Crippen LogP contribution in [0.25, 0.3) is 0 Å². The Balaban J connectivity index is 7.27. The summed E-state index contributed by atoms with van der Waals surface area (Å²) in [5.41, 5.74) is -5.43. The molecule has 0 spiro atoms. The monoisotopic (exact) mass is 951 g/mol. The summed E-state index contributed by atoms with van der Waals surface area (Å²) in [5, 5.41) is 70.5. The average molecular weight is 952 g/mol. The fraction of sp³-hybridized carbons (Fsp3) is 1.00. The quantitative estimate of drug-likeness (QED) is 0.0125. The summed E-state index contributed by atoms with van der Waals surface area (Å²) >= 11 is 0. The predicted octanol–water partition coefficient (Wildman–Crippen LogP) is -3.11. The molecule has 0 aromatic rings. The van der Waals surface area contributed by atoms with Crippen molar-refractivity contribution in [3.8, 4) is 0 Å². The molecular formula is C34H75N4O18S3Si-. The molecule has 0 aliphatic carbocycles. The first kappa shape index (κ1) is 59.4. The van der Waals surface area contributed by atoms with Gasteiger partial charge in [0.1, 0.15) is 0 Å². The second-order valence-electron chi connectivity index (χ2n) is 15.9. The van der Waals surface area contributed by atoms with Gasteiger partial charge < -0.3 is 73.5 Å². The molecule has 10 N–H and O–H groups in total. The summed E-state index contributed by atoms with van der Waals surface area (Å²) in [6.07, 6.45) is 8.51. The van der Waals surface area contributed by atoms with E-state index in [0.717, 1.165) is 64.5 Å². The molecule has 0 rings (SSSR count). The Morgan fingerprint density at radius 3 is 1.13 bits per heavy atom. The highest BCUT2D eigenvalue weighted by Crippen LogP contribution is 2.26. The van der Waals surface area contributed by atoms with Gasteiger partial charge in [0.15, 0.2) is 0 Å². The molecule has 0 bridgehead atoms. The first-order valence-electron chi connectivity index (χ1n) is 20.4. The summed E-state index contributed by atoms with van der Waals surface area (Å²) in [7, 11) is -16.3. The molecule has 0 saturated heterocycles. The first-order chi connectivity index (χ1) is 27.9. The lowest BCUT2D eigenvalue weighted by Crippen LogP contribution is -2.64. The third kappa shape index (κ3) is 25.7. The minimum absolute atomic E-state index is 0.0630. The molecule has 0 unspecified atom stereocenters. The highest BCUT2D eigenvalue weighted by atomic mass is 32.2. The number of hydrogen-bond acceptors (Lipinski definition) is 20. The van der Waals surface area contributed by atoms with E-state index in [1.807, 2.05) is 0 Å². The zero-order valence-electron chi connectivity index (χ0n) is 35.6. The van der Waals surface area contributed by atoms with Gasteiger partial charge in [-0.1, -0.05) is 39.5 Å². The van der Waals surface area contributed by atoms with Crippen LogP contribution in [0, 0.1) is 0 Å². The van der Waals surface area contributed by atoms with E-state index in [9.17, 15) is 69.6 Å². The van der Waals surface area contributed by atoms with E-state index in [-0.39, 0.29) is 6.04 Å². The van der Waals surface area contributed by atoms with Crippen molar-refractivity contribution >= 4 is 39.2 Å². The molecule has 22 nitrogen and oxygen atoms in total. The van der Waals surface area contributed by atoms with Crippen LogP contribution in [-0.4, -0.2) is 222 Å². The van der Waals surface area contributed by atoms with E-state index < -0.39 is 152 Å². The molecule has 0 atom stereocenters. The maximum Gasteiger partial charge on any atom is 0.501 e. The van der Waals surface area contributed by atoms with Crippen LogP contribution < -0.4 is 16.0 Å². The second kappa shape index (κ2) is 29.1. The van der Waals surface area contributed by atoms with Crippen LogP contribution in [0.1, 0.15) is 71.6 Å². The Bertz CT molecular complexity index is 1320. The third-order valence-corrected chi connectivity index (χ3v) is 15.2. The topological polar surface area (TPSA) is 354 Å². The summed E-state index contributed by atoms with van der Waals surface area (Å²) < 4.78 is 120. The van der Waals surface area contributed by atoms with Crippen molar-refractivity contribution < 1.29 is 87.3 Å². The minimum Gasteiger partial charge on any atom is -0.748 e. The molecular weight excluding hydrogens is 877 g/mol. The molecule has 0 heterocycles. The molecule has 0 aliphatic heterocycles. The number of rotatable bonds is 41. The van der Waals surface area contributed by atoms with Crippen molar-refractivity contribution in [2.75, 3.05) is 123 Å². The Hall–Kier alpha value is -0.573. The third-order valence-electron chi connectivity index (χ3n) is 10.4. The van der Waals surface area contributed by atoms with Crippen LogP contribution in [0.4, 0.5) is 0 Å². The lowest BCUT2D eigenvalue weighted by atomic mass is 10.0. The van der Waals surface area contributed by atoms with Crippen molar-refractivity contribution in [2.24, 2.45) is 0 Å². The summed E-state index contributed by atoms with van der Waals surface area (Å²) in [4.78, 5) is 0. The van der Waals surface area contributed by atoms with Crippen LogP contribution in [0.15, 0.2) is 0 Å². The molecule has 0 aromatic heterocycles. The smallest absolute Gasteiger partial charge is 0.501 e. The summed E-state index contributed by atoms with van der Waals surface area (Å²) in [6.45, 7) is -2.19. The van der Waals surface area contributed by atoms with Gasteiger partial charge in [0.05, 0.1) is 140 Å². The van der Waals surface area contributed by atoms with Crippen molar-refractivity contribution in [1.29, 1.82) is 0 Å². The first-order valence-corrected chi connectivity index (χ1v) is 27.1. The molecule has 0 aromatic carbocycles. The van der Waals surface area contributed by atoms with Gasteiger partial charge in [-0.05, 0) is 25.7 Å². The van der Waals surface area contributed by atoms with Gasteiger partial charge in [0.25, 0.3) is 10.1 Å². The van der Waals surface area contributed by atoms with Gasteiger partial charge in [-0.15, -0.1) is 0 Å². The summed E-state index contributed by atoms with van der Waals surface area (Å²) in [5.74, 6) is -2.64. The van der Waals surface area contributed by atoms with E-state index in [4.69, 9.17) is 13.3 Å². The molecule has 0 aliphatic rings. The summed E-state index contributed by atoms with van der Waals surface area (Å²) in [6, 6.07) is -0.0630. The number of nitrogens with zero attached hydrogens (tertiary/aromatic N) is 1. The van der Waals surface area contributed by atoms with Gasteiger partial charge in [-0.2, -0.15) is 8.42 Å². The highest BCUT2D eigenvalue weighted by molar-refractivity contribution is 7.86. The average Bonchev–Trinajstić information content (AvgIpc) is 3.18. The molecule has 0 fully saturated rings. The van der Waals surface area contributed by atoms with Crippen LogP contribution in [0.3, 0.4) is 0 Å². The second-order valence-corrected chi connectivity index (χ2v) is 23.3. The zero-order valence-corrected chi connectivity index (χ0v) is 39.0. The Kier molecular flexibility index (Phi) is 28.8. The molecule has 60 heavy (non-hydrogen) atoms. The van der Waals surface area contributed by atoms with Crippen molar-refractivity contribution in [3.05, 3.63) is 0 Å². The molecule has 362 valence electrons. The van der Waals surface area contributed by atoms with Crippen molar-refractivity contribution in [3.63, 3.8) is 0 Å². The van der Waals surface area contributed by atoms with E-state index >= 15 is 0 Å². The van der Waals surface area contributed by atoms with Crippen LogP contribution in [-0.2, 0) is 43.6 Å². The number of hydrogen-bond donors (Lipinski definition) is 10.